The molecule has 0 aliphatic heterocycles. The van der Waals surface area contributed by atoms with Crippen molar-refractivity contribution in [3.8, 4) is 11.3 Å². The Morgan fingerprint density at radius 1 is 1.21 bits per heavy atom. The number of carbonyl (C=O) groups is 1. The van der Waals surface area contributed by atoms with Crippen LogP contribution >= 0.6 is 0 Å². The number of aromatic nitrogens is 3. The zero-order chi connectivity index (χ0) is 17.1. The number of amides is 1. The Labute approximate surface area is 137 Å². The molecule has 2 aromatic heterocycles. The van der Waals surface area contributed by atoms with Gasteiger partial charge in [-0.15, -0.1) is 0 Å². The third-order valence-electron chi connectivity index (χ3n) is 3.43. The van der Waals surface area contributed by atoms with Crippen LogP contribution in [0.1, 0.15) is 11.3 Å². The molecular weight excluding hydrogens is 308 g/mol. The summed E-state index contributed by atoms with van der Waals surface area (Å²) in [5.74, 6) is -0.145. The van der Waals surface area contributed by atoms with Gasteiger partial charge in [-0.25, -0.2) is 4.98 Å². The summed E-state index contributed by atoms with van der Waals surface area (Å²) in [6, 6.07) is 10.7. The maximum atomic E-state index is 12.2. The number of aryl methyl sites for hydroxylation is 2. The van der Waals surface area contributed by atoms with E-state index in [0.717, 1.165) is 11.1 Å². The number of rotatable bonds is 4. The molecule has 1 amide bonds. The maximum Gasteiger partial charge on any atom is 0.254 e. The van der Waals surface area contributed by atoms with Gasteiger partial charge in [-0.3, -0.25) is 19.5 Å². The van der Waals surface area contributed by atoms with Gasteiger partial charge in [-0.05, 0) is 13.8 Å². The quantitative estimate of drug-likeness (QED) is 0.794. The fourth-order valence-corrected chi connectivity index (χ4v) is 2.18. The van der Waals surface area contributed by atoms with Crippen LogP contribution < -0.4 is 10.9 Å². The normalized spacial score (nSPS) is 10.6. The molecule has 24 heavy (non-hydrogen) atoms. The highest BCUT2D eigenvalue weighted by Crippen LogP contribution is 2.15. The van der Waals surface area contributed by atoms with Gasteiger partial charge in [0.1, 0.15) is 6.54 Å². The van der Waals surface area contributed by atoms with Crippen LogP contribution in [-0.2, 0) is 11.3 Å². The minimum Gasteiger partial charge on any atom is -0.338 e. The molecular formula is C17H16N4O3. The molecule has 0 radical (unpaired) electrons. The predicted molar refractivity (Wildman–Crippen MR) is 88.5 cm³/mol. The molecule has 0 unspecified atom stereocenters. The van der Waals surface area contributed by atoms with Crippen LogP contribution in [0.4, 0.5) is 5.88 Å². The lowest BCUT2D eigenvalue weighted by Crippen LogP contribution is -2.27. The summed E-state index contributed by atoms with van der Waals surface area (Å²) < 4.78 is 6.14. The van der Waals surface area contributed by atoms with E-state index < -0.39 is 5.91 Å². The van der Waals surface area contributed by atoms with Crippen LogP contribution in [0.3, 0.4) is 0 Å². The average Bonchev–Trinajstić information content (AvgIpc) is 2.95. The summed E-state index contributed by atoms with van der Waals surface area (Å²) in [5, 5.41) is 6.21. The first-order valence-electron chi connectivity index (χ1n) is 7.38. The van der Waals surface area contributed by atoms with Crippen LogP contribution in [0.15, 0.2) is 52.0 Å². The molecule has 0 spiro atoms. The number of anilines is 1. The second-order valence-electron chi connectivity index (χ2n) is 5.49. The number of hydrogen-bond donors (Lipinski definition) is 1. The SMILES string of the molecule is Cc1ccc(-c2cc(=O)n(CC(=O)Nc3cc(C)no3)cn2)cc1. The molecule has 0 aliphatic carbocycles. The first-order valence-corrected chi connectivity index (χ1v) is 7.38. The largest absolute Gasteiger partial charge is 0.338 e. The van der Waals surface area contributed by atoms with Crippen molar-refractivity contribution in [1.82, 2.24) is 14.7 Å². The molecule has 0 aliphatic rings. The number of nitrogens with one attached hydrogen (secondary N) is 1. The van der Waals surface area contributed by atoms with E-state index in [2.05, 4.69) is 15.5 Å². The van der Waals surface area contributed by atoms with Gasteiger partial charge in [0.2, 0.25) is 11.8 Å². The Kier molecular flexibility index (Phi) is 4.24. The van der Waals surface area contributed by atoms with Crippen molar-refractivity contribution in [1.29, 1.82) is 0 Å². The van der Waals surface area contributed by atoms with Gasteiger partial charge in [0, 0.05) is 17.7 Å². The summed E-state index contributed by atoms with van der Waals surface area (Å²) in [6.45, 7) is 3.58. The minimum absolute atomic E-state index is 0.153. The molecule has 0 atom stereocenters. The topological polar surface area (TPSA) is 90.0 Å². The maximum absolute atomic E-state index is 12.2. The molecule has 7 heteroatoms. The van der Waals surface area contributed by atoms with E-state index in [1.165, 1.54) is 17.0 Å². The van der Waals surface area contributed by atoms with E-state index in [4.69, 9.17) is 4.52 Å². The highest BCUT2D eigenvalue weighted by Gasteiger charge is 2.09. The molecule has 2 heterocycles. The third kappa shape index (κ3) is 3.57. The zero-order valence-electron chi connectivity index (χ0n) is 13.3. The molecule has 122 valence electrons. The van der Waals surface area contributed by atoms with Crippen molar-refractivity contribution in [2.24, 2.45) is 0 Å². The third-order valence-corrected chi connectivity index (χ3v) is 3.43. The molecule has 0 fully saturated rings. The molecule has 1 N–H and O–H groups in total. The van der Waals surface area contributed by atoms with Crippen LogP contribution in [0.5, 0.6) is 0 Å². The first kappa shape index (κ1) is 15.7. The van der Waals surface area contributed by atoms with E-state index in [0.29, 0.717) is 11.4 Å². The predicted octanol–water partition coefficient (Wildman–Crippen LogP) is 2.15. The summed E-state index contributed by atoms with van der Waals surface area (Å²) in [7, 11) is 0. The van der Waals surface area contributed by atoms with Crippen LogP contribution in [0.25, 0.3) is 11.3 Å². The van der Waals surface area contributed by atoms with Crippen LogP contribution in [0.2, 0.25) is 0 Å². The van der Waals surface area contributed by atoms with E-state index >= 15 is 0 Å². The highest BCUT2D eigenvalue weighted by molar-refractivity contribution is 5.89. The van der Waals surface area contributed by atoms with Crippen LogP contribution in [-0.4, -0.2) is 20.6 Å². The lowest BCUT2D eigenvalue weighted by atomic mass is 10.1. The van der Waals surface area contributed by atoms with E-state index in [-0.39, 0.29) is 18.0 Å². The van der Waals surface area contributed by atoms with Gasteiger partial charge in [-0.2, -0.15) is 0 Å². The van der Waals surface area contributed by atoms with Gasteiger partial charge >= 0.3 is 0 Å². The molecule has 0 bridgehead atoms. The molecule has 7 nitrogen and oxygen atoms in total. The second kappa shape index (κ2) is 6.49. The Morgan fingerprint density at radius 2 is 1.96 bits per heavy atom. The van der Waals surface area contributed by atoms with Gasteiger partial charge in [-0.1, -0.05) is 35.0 Å². The van der Waals surface area contributed by atoms with E-state index in [9.17, 15) is 9.59 Å². The molecule has 0 saturated carbocycles. The average molecular weight is 324 g/mol. The standard InChI is InChI=1S/C17H16N4O3/c1-11-3-5-13(6-4-11)14-8-17(23)21(10-18-14)9-15(22)19-16-7-12(2)20-24-16/h3-8,10H,9H2,1-2H3,(H,19,22). The Hall–Kier alpha value is -3.22. The van der Waals surface area contributed by atoms with Crippen LogP contribution in [0, 0.1) is 13.8 Å². The first-order chi connectivity index (χ1) is 11.5. The number of nitrogens with zero attached hydrogens (tertiary/aromatic N) is 3. The summed E-state index contributed by atoms with van der Waals surface area (Å²) in [4.78, 5) is 28.4. The van der Waals surface area contributed by atoms with Gasteiger partial charge < -0.3 is 4.52 Å². The fraction of sp³-hybridized carbons (Fsp3) is 0.176. The van der Waals surface area contributed by atoms with Crippen molar-refractivity contribution in [2.45, 2.75) is 20.4 Å². The lowest BCUT2D eigenvalue weighted by Gasteiger charge is -2.06. The summed E-state index contributed by atoms with van der Waals surface area (Å²) >= 11 is 0. The Balaban J connectivity index is 1.74. The molecule has 1 aromatic carbocycles. The smallest absolute Gasteiger partial charge is 0.254 e. The van der Waals surface area contributed by atoms with Crippen molar-refractivity contribution >= 4 is 11.8 Å². The Morgan fingerprint density at radius 3 is 2.58 bits per heavy atom. The van der Waals surface area contributed by atoms with Crippen molar-refractivity contribution in [3.63, 3.8) is 0 Å². The molecule has 3 aromatic rings. The summed E-state index contributed by atoms with van der Waals surface area (Å²) in [5.41, 5.74) is 2.91. The molecule has 3 rings (SSSR count). The van der Waals surface area contributed by atoms with Crippen molar-refractivity contribution in [3.05, 3.63) is 64.3 Å². The monoisotopic (exact) mass is 324 g/mol. The highest BCUT2D eigenvalue weighted by atomic mass is 16.5. The zero-order valence-corrected chi connectivity index (χ0v) is 13.3. The Bertz CT molecular complexity index is 926. The second-order valence-corrected chi connectivity index (χ2v) is 5.49. The fourth-order valence-electron chi connectivity index (χ4n) is 2.18. The summed E-state index contributed by atoms with van der Waals surface area (Å²) in [6.07, 6.45) is 1.36. The molecule has 0 saturated heterocycles. The van der Waals surface area contributed by atoms with Crippen molar-refractivity contribution in [2.75, 3.05) is 5.32 Å². The number of carbonyl (C=O) groups excluding carboxylic acids is 1. The van der Waals surface area contributed by atoms with Gasteiger partial charge in [0.05, 0.1) is 17.7 Å². The van der Waals surface area contributed by atoms with Gasteiger partial charge in [0.15, 0.2) is 0 Å². The number of benzene rings is 1. The van der Waals surface area contributed by atoms with Crippen molar-refractivity contribution < 1.29 is 9.32 Å². The number of hydrogen-bond acceptors (Lipinski definition) is 5. The minimum atomic E-state index is -0.391. The van der Waals surface area contributed by atoms with E-state index in [1.807, 2.05) is 31.2 Å². The van der Waals surface area contributed by atoms with E-state index in [1.54, 1.807) is 13.0 Å². The lowest BCUT2D eigenvalue weighted by molar-refractivity contribution is -0.116. The van der Waals surface area contributed by atoms with Gasteiger partial charge in [0.25, 0.3) is 5.56 Å².